The lowest BCUT2D eigenvalue weighted by atomic mass is 9.66. The zero-order valence-corrected chi connectivity index (χ0v) is 15.9. The summed E-state index contributed by atoms with van der Waals surface area (Å²) in [5, 5.41) is 13.2. The highest BCUT2D eigenvalue weighted by molar-refractivity contribution is 7.12. The molecule has 0 bridgehead atoms. The second-order valence-electron chi connectivity index (χ2n) is 7.40. The summed E-state index contributed by atoms with van der Waals surface area (Å²) in [6, 6.07) is 11.7. The van der Waals surface area contributed by atoms with E-state index in [0.29, 0.717) is 13.0 Å². The van der Waals surface area contributed by atoms with Gasteiger partial charge in [0.25, 0.3) is 5.91 Å². The van der Waals surface area contributed by atoms with Crippen molar-refractivity contribution in [3.8, 4) is 5.75 Å². The molecular formula is C21H25NO3S. The Morgan fingerprint density at radius 2 is 2.04 bits per heavy atom. The van der Waals surface area contributed by atoms with Gasteiger partial charge in [-0.1, -0.05) is 31.0 Å². The lowest BCUT2D eigenvalue weighted by Gasteiger charge is -2.52. The average molecular weight is 372 g/mol. The highest BCUT2D eigenvalue weighted by Crippen LogP contribution is 2.49. The van der Waals surface area contributed by atoms with Crippen molar-refractivity contribution in [2.75, 3.05) is 13.7 Å². The quantitative estimate of drug-likeness (QED) is 0.877. The van der Waals surface area contributed by atoms with Gasteiger partial charge in [0.1, 0.15) is 5.75 Å². The van der Waals surface area contributed by atoms with Gasteiger partial charge in [0, 0.05) is 12.5 Å². The number of hydrogen-bond acceptors (Lipinski definition) is 4. The van der Waals surface area contributed by atoms with Gasteiger partial charge in [-0.05, 0) is 48.4 Å². The van der Waals surface area contributed by atoms with E-state index in [-0.39, 0.29) is 17.9 Å². The molecule has 0 radical (unpaired) electrons. The summed E-state index contributed by atoms with van der Waals surface area (Å²) in [6.45, 7) is 0.598. The van der Waals surface area contributed by atoms with Crippen LogP contribution in [-0.2, 0) is 0 Å². The van der Waals surface area contributed by atoms with E-state index in [2.05, 4.69) is 0 Å². The predicted octanol–water partition coefficient (Wildman–Crippen LogP) is 4.27. The molecule has 3 atom stereocenters. The van der Waals surface area contributed by atoms with Crippen molar-refractivity contribution < 1.29 is 14.6 Å². The fraction of sp³-hybridized carbons (Fsp3) is 0.476. The first-order valence-electron chi connectivity index (χ1n) is 9.33. The van der Waals surface area contributed by atoms with Gasteiger partial charge in [0.15, 0.2) is 0 Å². The molecule has 2 aromatic rings. The van der Waals surface area contributed by atoms with Crippen LogP contribution in [-0.4, -0.2) is 35.2 Å². The van der Waals surface area contributed by atoms with Crippen molar-refractivity contribution in [1.29, 1.82) is 0 Å². The zero-order valence-electron chi connectivity index (χ0n) is 15.1. The molecule has 3 unspecified atom stereocenters. The van der Waals surface area contributed by atoms with E-state index in [1.807, 2.05) is 46.7 Å². The van der Waals surface area contributed by atoms with Crippen LogP contribution < -0.4 is 4.74 Å². The predicted molar refractivity (Wildman–Crippen MR) is 103 cm³/mol. The molecule has 138 valence electrons. The number of aliphatic hydroxyl groups is 1. The van der Waals surface area contributed by atoms with Crippen LogP contribution in [0.5, 0.6) is 5.75 Å². The minimum absolute atomic E-state index is 0.0773. The molecule has 0 spiro atoms. The molecule has 1 saturated carbocycles. The fourth-order valence-electron chi connectivity index (χ4n) is 4.66. The molecule has 1 aromatic carbocycles. The maximum absolute atomic E-state index is 13.2. The molecule has 4 rings (SSSR count). The van der Waals surface area contributed by atoms with E-state index in [9.17, 15) is 9.90 Å². The number of carbonyl (C=O) groups is 1. The maximum atomic E-state index is 13.2. The normalized spacial score (nSPS) is 28.5. The molecule has 1 aromatic heterocycles. The zero-order chi connectivity index (χ0) is 18.1. The van der Waals surface area contributed by atoms with Gasteiger partial charge in [0.05, 0.1) is 23.6 Å². The van der Waals surface area contributed by atoms with Crippen LogP contribution in [0.4, 0.5) is 0 Å². The molecule has 1 amide bonds. The van der Waals surface area contributed by atoms with E-state index in [1.165, 1.54) is 11.3 Å². The topological polar surface area (TPSA) is 49.8 Å². The first kappa shape index (κ1) is 17.6. The van der Waals surface area contributed by atoms with Crippen LogP contribution in [0.2, 0.25) is 0 Å². The number of thiophene rings is 1. The molecule has 1 saturated heterocycles. The smallest absolute Gasteiger partial charge is 0.264 e. The Morgan fingerprint density at radius 1 is 1.23 bits per heavy atom. The molecule has 26 heavy (non-hydrogen) atoms. The fourth-order valence-corrected chi connectivity index (χ4v) is 5.34. The van der Waals surface area contributed by atoms with E-state index < -0.39 is 5.60 Å². The van der Waals surface area contributed by atoms with Crippen LogP contribution in [0.15, 0.2) is 41.8 Å². The molecule has 5 heteroatoms. The van der Waals surface area contributed by atoms with Gasteiger partial charge in [-0.25, -0.2) is 0 Å². The number of amides is 1. The van der Waals surface area contributed by atoms with Crippen molar-refractivity contribution in [3.05, 3.63) is 52.2 Å². The third kappa shape index (κ3) is 3.03. The number of carbonyl (C=O) groups excluding carboxylic acids is 1. The summed E-state index contributed by atoms with van der Waals surface area (Å²) in [4.78, 5) is 15.9. The third-order valence-corrected chi connectivity index (χ3v) is 6.88. The van der Waals surface area contributed by atoms with Gasteiger partial charge >= 0.3 is 0 Å². The summed E-state index contributed by atoms with van der Waals surface area (Å²) in [6.07, 6.45) is 4.65. The monoisotopic (exact) mass is 371 g/mol. The first-order valence-corrected chi connectivity index (χ1v) is 10.2. The Morgan fingerprint density at radius 3 is 2.73 bits per heavy atom. The van der Waals surface area contributed by atoms with Crippen LogP contribution >= 0.6 is 11.3 Å². The molecule has 2 aliphatic rings. The summed E-state index contributed by atoms with van der Waals surface area (Å²) in [5.41, 5.74) is 0.426. The number of benzene rings is 1. The third-order valence-electron chi connectivity index (χ3n) is 6.02. The van der Waals surface area contributed by atoms with E-state index in [0.717, 1.165) is 41.9 Å². The number of likely N-dealkylation sites (tertiary alicyclic amines) is 1. The Kier molecular flexibility index (Phi) is 4.76. The van der Waals surface area contributed by atoms with Crippen molar-refractivity contribution in [3.63, 3.8) is 0 Å². The second-order valence-corrected chi connectivity index (χ2v) is 8.35. The second kappa shape index (κ2) is 7.05. The van der Waals surface area contributed by atoms with E-state index >= 15 is 0 Å². The number of nitrogens with zero attached hydrogens (tertiary/aromatic N) is 1. The molecule has 1 aliphatic heterocycles. The number of piperidine rings is 1. The Balaban J connectivity index is 1.73. The molecule has 2 fully saturated rings. The van der Waals surface area contributed by atoms with E-state index in [1.54, 1.807) is 7.11 Å². The SMILES string of the molecule is COc1ccc(C2C3CCCCC3(O)CCN2C(=O)c2cccs2)cc1. The minimum Gasteiger partial charge on any atom is -0.497 e. The Labute approximate surface area is 158 Å². The van der Waals surface area contributed by atoms with Crippen LogP contribution in [0, 0.1) is 5.92 Å². The highest BCUT2D eigenvalue weighted by atomic mass is 32.1. The highest BCUT2D eigenvalue weighted by Gasteiger charge is 2.50. The number of rotatable bonds is 3. The molecule has 1 aliphatic carbocycles. The van der Waals surface area contributed by atoms with Crippen molar-refractivity contribution in [2.45, 2.75) is 43.7 Å². The van der Waals surface area contributed by atoms with Gasteiger partial charge in [-0.15, -0.1) is 11.3 Å². The summed E-state index contributed by atoms with van der Waals surface area (Å²) < 4.78 is 5.29. The largest absolute Gasteiger partial charge is 0.497 e. The van der Waals surface area contributed by atoms with E-state index in [4.69, 9.17) is 4.74 Å². The first-order chi connectivity index (χ1) is 12.6. The van der Waals surface area contributed by atoms with Crippen molar-refractivity contribution >= 4 is 17.2 Å². The van der Waals surface area contributed by atoms with Crippen LogP contribution in [0.3, 0.4) is 0 Å². The number of methoxy groups -OCH3 is 1. The number of ether oxygens (including phenoxy) is 1. The molecule has 2 heterocycles. The summed E-state index contributed by atoms with van der Waals surface area (Å²) >= 11 is 1.48. The maximum Gasteiger partial charge on any atom is 0.264 e. The lowest BCUT2D eigenvalue weighted by molar-refractivity contribution is -0.114. The summed E-state index contributed by atoms with van der Waals surface area (Å²) in [5.74, 6) is 0.968. The summed E-state index contributed by atoms with van der Waals surface area (Å²) in [7, 11) is 1.65. The Hall–Kier alpha value is -1.85. The number of hydrogen-bond donors (Lipinski definition) is 1. The van der Waals surface area contributed by atoms with Gasteiger partial charge in [0.2, 0.25) is 0 Å². The molecule has 4 nitrogen and oxygen atoms in total. The average Bonchev–Trinajstić information content (AvgIpc) is 3.21. The van der Waals surface area contributed by atoms with Crippen LogP contribution in [0.1, 0.15) is 53.4 Å². The minimum atomic E-state index is -0.658. The van der Waals surface area contributed by atoms with Gasteiger partial charge in [-0.3, -0.25) is 4.79 Å². The van der Waals surface area contributed by atoms with Crippen LogP contribution in [0.25, 0.3) is 0 Å². The van der Waals surface area contributed by atoms with Gasteiger partial charge in [-0.2, -0.15) is 0 Å². The molecule has 1 N–H and O–H groups in total. The Bertz CT molecular complexity index is 758. The van der Waals surface area contributed by atoms with Crippen molar-refractivity contribution in [2.24, 2.45) is 5.92 Å². The number of fused-ring (bicyclic) bond motifs is 1. The van der Waals surface area contributed by atoms with Crippen molar-refractivity contribution in [1.82, 2.24) is 4.90 Å². The standard InChI is InChI=1S/C21H25NO3S/c1-25-16-9-7-15(8-10-16)19-17-5-2-3-11-21(17,24)12-13-22(19)20(23)18-6-4-14-26-18/h4,6-10,14,17,19,24H,2-3,5,11-13H2,1H3. The molecular weight excluding hydrogens is 346 g/mol. The van der Waals surface area contributed by atoms with Gasteiger partial charge < -0.3 is 14.7 Å². The lowest BCUT2D eigenvalue weighted by Crippen LogP contribution is -2.56.